The van der Waals surface area contributed by atoms with E-state index in [4.69, 9.17) is 0 Å². The summed E-state index contributed by atoms with van der Waals surface area (Å²) < 4.78 is 2.28. The smallest absolute Gasteiger partial charge is 0.184 e. The molecule has 5 rings (SSSR count). The predicted molar refractivity (Wildman–Crippen MR) is 107 cm³/mol. The molecular weight excluding hydrogens is 334 g/mol. The number of likely N-dealkylation sites (N-methyl/N-ethyl adjacent to an activating group) is 1. The summed E-state index contributed by atoms with van der Waals surface area (Å²) in [4.78, 5) is 19.8. The van der Waals surface area contributed by atoms with E-state index >= 15 is 0 Å². The van der Waals surface area contributed by atoms with Gasteiger partial charge in [-0.25, -0.2) is 0 Å². The Bertz CT molecular complexity index is 1050. The van der Waals surface area contributed by atoms with Gasteiger partial charge in [-0.05, 0) is 63.6 Å². The second kappa shape index (κ2) is 6.03. The number of aromatic nitrogens is 2. The molecule has 2 unspecified atom stereocenters. The van der Waals surface area contributed by atoms with E-state index in [0.29, 0.717) is 24.2 Å². The zero-order valence-electron chi connectivity index (χ0n) is 16.2. The van der Waals surface area contributed by atoms with E-state index in [0.717, 1.165) is 12.1 Å². The van der Waals surface area contributed by atoms with E-state index in [1.807, 2.05) is 19.1 Å². The van der Waals surface area contributed by atoms with E-state index in [-0.39, 0.29) is 5.78 Å². The van der Waals surface area contributed by atoms with Crippen LogP contribution in [0, 0.1) is 13.8 Å². The maximum atomic E-state index is 13.0. The average Bonchev–Trinajstić information content (AvgIpc) is 3.06. The van der Waals surface area contributed by atoms with Crippen LogP contribution in [0.5, 0.6) is 0 Å². The fourth-order valence-electron chi connectivity index (χ4n) is 5.02. The summed E-state index contributed by atoms with van der Waals surface area (Å²) in [7, 11) is 2.26. The van der Waals surface area contributed by atoms with Gasteiger partial charge >= 0.3 is 0 Å². The van der Waals surface area contributed by atoms with Gasteiger partial charge in [-0.1, -0.05) is 11.6 Å². The lowest BCUT2D eigenvalue weighted by Crippen LogP contribution is -2.35. The van der Waals surface area contributed by atoms with Gasteiger partial charge < -0.3 is 4.57 Å². The largest absolute Gasteiger partial charge is 0.336 e. The Morgan fingerprint density at radius 2 is 2.04 bits per heavy atom. The van der Waals surface area contributed by atoms with Crippen LogP contribution in [-0.4, -0.2) is 33.3 Å². The van der Waals surface area contributed by atoms with Gasteiger partial charge in [0.15, 0.2) is 5.78 Å². The van der Waals surface area contributed by atoms with Gasteiger partial charge in [-0.3, -0.25) is 14.7 Å². The molecule has 0 radical (unpaired) electrons. The van der Waals surface area contributed by atoms with Crippen molar-refractivity contribution < 1.29 is 4.79 Å². The number of carbonyl (C=O) groups excluding carboxylic acids is 1. The lowest BCUT2D eigenvalue weighted by atomic mass is 9.97. The molecule has 1 fully saturated rings. The number of aryl methyl sites for hydroxylation is 2. The standard InChI is InChI=1S/C23H25N3O/c1-14-4-8-19-18(10-14)23-20-9-7-17(25(20)3)11-21(23)26(19)13-22(27)16-6-5-15(2)24-12-16/h4-6,8,10,12,17,20H,7,9,11,13H2,1-3H3. The Hall–Kier alpha value is -2.46. The van der Waals surface area contributed by atoms with E-state index < -0.39 is 0 Å². The highest BCUT2D eigenvalue weighted by Gasteiger charge is 2.40. The van der Waals surface area contributed by atoms with Crippen molar-refractivity contribution >= 4 is 16.7 Å². The van der Waals surface area contributed by atoms with Crippen molar-refractivity contribution in [2.45, 2.75) is 51.7 Å². The summed E-state index contributed by atoms with van der Waals surface area (Å²) in [6.07, 6.45) is 5.21. The zero-order chi connectivity index (χ0) is 18.7. The Morgan fingerprint density at radius 1 is 1.19 bits per heavy atom. The van der Waals surface area contributed by atoms with Crippen LogP contribution < -0.4 is 0 Å². The molecular formula is C23H25N3O. The molecule has 138 valence electrons. The molecule has 0 aliphatic carbocycles. The average molecular weight is 359 g/mol. The van der Waals surface area contributed by atoms with Crippen LogP contribution in [0.25, 0.3) is 10.9 Å². The number of Topliss-reactive ketones (excluding diaryl/α,β-unsaturated/α-hetero) is 1. The SMILES string of the molecule is Cc1ccc2c(c1)c1c(n2CC(=O)c2ccc(C)nc2)CC2CCC1N2C. The highest BCUT2D eigenvalue weighted by atomic mass is 16.1. The van der Waals surface area contributed by atoms with Crippen molar-refractivity contribution in [3.8, 4) is 0 Å². The molecule has 4 heterocycles. The van der Waals surface area contributed by atoms with E-state index in [2.05, 4.69) is 46.6 Å². The van der Waals surface area contributed by atoms with Gasteiger partial charge in [0, 0.05) is 52.6 Å². The summed E-state index contributed by atoms with van der Waals surface area (Å²) in [5.74, 6) is 0.133. The quantitative estimate of drug-likeness (QED) is 0.657. The number of carbonyl (C=O) groups is 1. The number of rotatable bonds is 3. The van der Waals surface area contributed by atoms with Gasteiger partial charge in [0.1, 0.15) is 0 Å². The second-order valence-electron chi connectivity index (χ2n) is 8.20. The van der Waals surface area contributed by atoms with Crippen molar-refractivity contribution in [3.05, 3.63) is 64.6 Å². The lowest BCUT2D eigenvalue weighted by molar-refractivity contribution is 0.0971. The van der Waals surface area contributed by atoms with E-state index in [1.54, 1.807) is 6.20 Å². The number of hydrogen-bond donors (Lipinski definition) is 0. The summed E-state index contributed by atoms with van der Waals surface area (Å²) >= 11 is 0. The summed E-state index contributed by atoms with van der Waals surface area (Å²) in [5, 5.41) is 1.33. The highest BCUT2D eigenvalue weighted by molar-refractivity contribution is 5.97. The van der Waals surface area contributed by atoms with Crippen molar-refractivity contribution in [1.29, 1.82) is 0 Å². The van der Waals surface area contributed by atoms with Gasteiger partial charge in [0.25, 0.3) is 0 Å². The van der Waals surface area contributed by atoms with Crippen LogP contribution >= 0.6 is 0 Å². The molecule has 0 spiro atoms. The molecule has 0 N–H and O–H groups in total. The Morgan fingerprint density at radius 3 is 2.81 bits per heavy atom. The first-order valence-electron chi connectivity index (χ1n) is 9.82. The molecule has 2 aliphatic heterocycles. The number of fused-ring (bicyclic) bond motifs is 6. The fourth-order valence-corrected chi connectivity index (χ4v) is 5.02. The van der Waals surface area contributed by atoms with Gasteiger partial charge in [0.05, 0.1) is 6.54 Å². The van der Waals surface area contributed by atoms with Crippen molar-refractivity contribution in [2.24, 2.45) is 0 Å². The normalized spacial score (nSPS) is 21.6. The first kappa shape index (κ1) is 16.7. The Kier molecular flexibility index (Phi) is 3.73. The summed E-state index contributed by atoms with van der Waals surface area (Å²) in [6.45, 7) is 4.48. The zero-order valence-corrected chi connectivity index (χ0v) is 16.2. The van der Waals surface area contributed by atoms with Crippen molar-refractivity contribution in [2.75, 3.05) is 7.05 Å². The number of pyridine rings is 1. The number of benzene rings is 1. The third kappa shape index (κ3) is 2.54. The molecule has 2 bridgehead atoms. The molecule has 0 saturated carbocycles. The van der Waals surface area contributed by atoms with E-state index in [9.17, 15) is 4.79 Å². The van der Waals surface area contributed by atoms with Crippen LogP contribution in [0.4, 0.5) is 0 Å². The van der Waals surface area contributed by atoms with Gasteiger partial charge in [-0.15, -0.1) is 0 Å². The molecule has 27 heavy (non-hydrogen) atoms. The van der Waals surface area contributed by atoms with E-state index in [1.165, 1.54) is 40.6 Å². The fraction of sp³-hybridized carbons (Fsp3) is 0.391. The lowest BCUT2D eigenvalue weighted by Gasteiger charge is -2.32. The minimum atomic E-state index is 0.133. The monoisotopic (exact) mass is 359 g/mol. The Balaban J connectivity index is 1.63. The molecule has 2 atom stereocenters. The maximum absolute atomic E-state index is 13.0. The van der Waals surface area contributed by atoms with Crippen molar-refractivity contribution in [3.63, 3.8) is 0 Å². The number of ketones is 1. The molecule has 3 aromatic rings. The number of hydrogen-bond acceptors (Lipinski definition) is 3. The third-order valence-corrected chi connectivity index (χ3v) is 6.51. The van der Waals surface area contributed by atoms with Crippen LogP contribution in [-0.2, 0) is 13.0 Å². The van der Waals surface area contributed by atoms with Crippen molar-refractivity contribution in [1.82, 2.24) is 14.5 Å². The molecule has 4 nitrogen and oxygen atoms in total. The van der Waals surface area contributed by atoms with Crippen LogP contribution in [0.1, 0.15) is 51.8 Å². The second-order valence-corrected chi connectivity index (χ2v) is 8.20. The van der Waals surface area contributed by atoms with Crippen LogP contribution in [0.3, 0.4) is 0 Å². The van der Waals surface area contributed by atoms with Gasteiger partial charge in [0.2, 0.25) is 0 Å². The molecule has 2 aliphatic rings. The highest BCUT2D eigenvalue weighted by Crippen LogP contribution is 2.46. The topological polar surface area (TPSA) is 38.1 Å². The molecule has 1 saturated heterocycles. The van der Waals surface area contributed by atoms with Crippen LogP contribution in [0.15, 0.2) is 36.5 Å². The molecule has 1 aromatic carbocycles. The minimum absolute atomic E-state index is 0.133. The Labute approximate surface area is 159 Å². The maximum Gasteiger partial charge on any atom is 0.184 e. The first-order valence-corrected chi connectivity index (χ1v) is 9.82. The first-order chi connectivity index (χ1) is 13.0. The van der Waals surface area contributed by atoms with Crippen LogP contribution in [0.2, 0.25) is 0 Å². The minimum Gasteiger partial charge on any atom is -0.336 e. The molecule has 2 aromatic heterocycles. The van der Waals surface area contributed by atoms with Gasteiger partial charge in [-0.2, -0.15) is 0 Å². The molecule has 4 heteroatoms. The summed E-state index contributed by atoms with van der Waals surface area (Å²) in [5.41, 5.74) is 6.93. The summed E-state index contributed by atoms with van der Waals surface area (Å²) in [6, 6.07) is 11.5. The third-order valence-electron chi connectivity index (χ3n) is 6.51. The molecule has 0 amide bonds. The predicted octanol–water partition coefficient (Wildman–Crippen LogP) is 4.23. The number of nitrogens with zero attached hydrogens (tertiary/aromatic N) is 3.